The fraction of sp³-hybridized carbons (Fsp3) is 0.222. The summed E-state index contributed by atoms with van der Waals surface area (Å²) < 4.78 is 4.97. The molecule has 1 aliphatic heterocycles. The van der Waals surface area contributed by atoms with Gasteiger partial charge in [0.25, 0.3) is 0 Å². The second-order valence-corrected chi connectivity index (χ2v) is 6.98. The summed E-state index contributed by atoms with van der Waals surface area (Å²) in [7, 11) is 1.65. The first-order valence-electron chi connectivity index (χ1n) is 7.93. The van der Waals surface area contributed by atoms with Crippen LogP contribution < -0.4 is 16.1 Å². The number of hydrazone groups is 1. The maximum Gasteiger partial charge on any atom is 0.187 e. The van der Waals surface area contributed by atoms with Gasteiger partial charge in [-0.05, 0) is 49.0 Å². The Morgan fingerprint density at radius 2 is 2.00 bits per heavy atom. The van der Waals surface area contributed by atoms with Crippen LogP contribution in [0.2, 0.25) is 0 Å². The standard InChI is InChI=1S/C18H20N4OS2/c1-12(21-22-18(24)19-9-10-23-2)13-7-8-17-15(11-13)20-14-5-3-4-6-16(14)25-17/h3-8,11,20H,9-10H2,1-2H3,(H2,19,22,24). The highest BCUT2D eigenvalue weighted by molar-refractivity contribution is 7.99. The van der Waals surface area contributed by atoms with Crippen LogP contribution in [-0.2, 0) is 4.74 Å². The number of hydrogen-bond donors (Lipinski definition) is 3. The Bertz CT molecular complexity index is 807. The fourth-order valence-corrected chi connectivity index (χ4v) is 3.49. The number of anilines is 2. The summed E-state index contributed by atoms with van der Waals surface area (Å²) in [4.78, 5) is 2.45. The molecule has 0 saturated heterocycles. The zero-order valence-electron chi connectivity index (χ0n) is 14.1. The quantitative estimate of drug-likeness (QED) is 0.275. The first-order valence-corrected chi connectivity index (χ1v) is 9.15. The van der Waals surface area contributed by atoms with Gasteiger partial charge in [0.2, 0.25) is 0 Å². The molecule has 0 atom stereocenters. The Morgan fingerprint density at radius 1 is 1.20 bits per heavy atom. The molecule has 2 aromatic carbocycles. The molecule has 0 unspecified atom stereocenters. The molecule has 1 heterocycles. The van der Waals surface area contributed by atoms with E-state index in [1.165, 1.54) is 9.79 Å². The van der Waals surface area contributed by atoms with Gasteiger partial charge in [-0.2, -0.15) is 5.10 Å². The smallest absolute Gasteiger partial charge is 0.187 e. The van der Waals surface area contributed by atoms with Crippen molar-refractivity contribution in [2.24, 2.45) is 5.10 Å². The number of nitrogens with one attached hydrogen (secondary N) is 3. The molecule has 7 heteroatoms. The van der Waals surface area contributed by atoms with Gasteiger partial charge in [0.05, 0.1) is 23.7 Å². The lowest BCUT2D eigenvalue weighted by molar-refractivity contribution is 0.204. The van der Waals surface area contributed by atoms with E-state index in [4.69, 9.17) is 17.0 Å². The molecule has 0 aromatic heterocycles. The topological polar surface area (TPSA) is 57.7 Å². The molecule has 25 heavy (non-hydrogen) atoms. The van der Waals surface area contributed by atoms with Crippen LogP contribution in [0.25, 0.3) is 0 Å². The predicted octanol–water partition coefficient (Wildman–Crippen LogP) is 3.73. The lowest BCUT2D eigenvalue weighted by Crippen LogP contribution is -2.34. The van der Waals surface area contributed by atoms with E-state index in [0.29, 0.717) is 18.3 Å². The van der Waals surface area contributed by atoms with Crippen molar-refractivity contribution < 1.29 is 4.74 Å². The average Bonchev–Trinajstić information content (AvgIpc) is 2.64. The molecule has 0 amide bonds. The first kappa shape index (κ1) is 17.7. The molecule has 3 N–H and O–H groups in total. The zero-order valence-corrected chi connectivity index (χ0v) is 15.8. The van der Waals surface area contributed by atoms with Gasteiger partial charge in [0, 0.05) is 23.4 Å². The van der Waals surface area contributed by atoms with Gasteiger partial charge in [-0.25, -0.2) is 0 Å². The Balaban J connectivity index is 1.68. The van der Waals surface area contributed by atoms with Crippen molar-refractivity contribution in [2.75, 3.05) is 25.6 Å². The Labute approximate surface area is 157 Å². The molecule has 0 bridgehead atoms. The lowest BCUT2D eigenvalue weighted by atomic mass is 10.1. The van der Waals surface area contributed by atoms with Gasteiger partial charge >= 0.3 is 0 Å². The lowest BCUT2D eigenvalue weighted by Gasteiger charge is -2.21. The van der Waals surface area contributed by atoms with E-state index in [1.807, 2.05) is 13.0 Å². The molecule has 0 fully saturated rings. The third kappa shape index (κ3) is 4.50. The van der Waals surface area contributed by atoms with Gasteiger partial charge < -0.3 is 15.4 Å². The number of thiocarbonyl (C=S) groups is 1. The van der Waals surface area contributed by atoms with Crippen LogP contribution in [0.1, 0.15) is 12.5 Å². The SMILES string of the molecule is COCCNC(=S)NN=C(C)c1ccc2c(c1)Nc1ccccc1S2. The molecule has 1 aliphatic rings. The summed E-state index contributed by atoms with van der Waals surface area (Å²) in [5, 5.41) is 11.3. The molecule has 0 saturated carbocycles. The van der Waals surface area contributed by atoms with E-state index in [9.17, 15) is 0 Å². The summed E-state index contributed by atoms with van der Waals surface area (Å²) >= 11 is 6.95. The van der Waals surface area contributed by atoms with E-state index in [0.717, 1.165) is 22.6 Å². The first-order chi connectivity index (χ1) is 12.2. The highest BCUT2D eigenvalue weighted by atomic mass is 32.2. The van der Waals surface area contributed by atoms with Crippen molar-refractivity contribution >= 4 is 46.2 Å². The zero-order chi connectivity index (χ0) is 17.6. The maximum absolute atomic E-state index is 5.18. The molecule has 5 nitrogen and oxygen atoms in total. The second kappa shape index (κ2) is 8.33. The minimum absolute atomic E-state index is 0.483. The van der Waals surface area contributed by atoms with Crippen molar-refractivity contribution in [2.45, 2.75) is 16.7 Å². The normalized spacial score (nSPS) is 12.6. The third-order valence-corrected chi connectivity index (χ3v) is 5.08. The average molecular weight is 373 g/mol. The van der Waals surface area contributed by atoms with E-state index in [-0.39, 0.29) is 0 Å². The number of nitrogens with zero attached hydrogens (tertiary/aromatic N) is 1. The summed E-state index contributed by atoms with van der Waals surface area (Å²) in [5.74, 6) is 0. The predicted molar refractivity (Wildman–Crippen MR) is 108 cm³/mol. The number of rotatable bonds is 5. The van der Waals surface area contributed by atoms with Crippen LogP contribution in [0, 0.1) is 0 Å². The van der Waals surface area contributed by atoms with Gasteiger partial charge in [0.15, 0.2) is 5.11 Å². The van der Waals surface area contributed by atoms with Crippen molar-refractivity contribution in [3.05, 3.63) is 48.0 Å². The van der Waals surface area contributed by atoms with Crippen molar-refractivity contribution in [3.8, 4) is 0 Å². The highest BCUT2D eigenvalue weighted by Gasteiger charge is 2.15. The van der Waals surface area contributed by atoms with Crippen molar-refractivity contribution in [1.29, 1.82) is 0 Å². The summed E-state index contributed by atoms with van der Waals surface area (Å²) in [6.45, 7) is 3.20. The van der Waals surface area contributed by atoms with Crippen LogP contribution >= 0.6 is 24.0 Å². The van der Waals surface area contributed by atoms with Crippen molar-refractivity contribution in [3.63, 3.8) is 0 Å². The molecular formula is C18H20N4OS2. The summed E-state index contributed by atoms with van der Waals surface area (Å²) in [6.07, 6.45) is 0. The van der Waals surface area contributed by atoms with Crippen LogP contribution in [0.4, 0.5) is 11.4 Å². The number of hydrogen-bond acceptors (Lipinski definition) is 5. The fourth-order valence-electron chi connectivity index (χ4n) is 2.37. The van der Waals surface area contributed by atoms with E-state index in [2.05, 4.69) is 57.6 Å². The van der Waals surface area contributed by atoms with Gasteiger partial charge in [-0.3, -0.25) is 5.43 Å². The van der Waals surface area contributed by atoms with E-state index >= 15 is 0 Å². The van der Waals surface area contributed by atoms with Crippen LogP contribution in [0.5, 0.6) is 0 Å². The van der Waals surface area contributed by atoms with E-state index in [1.54, 1.807) is 18.9 Å². The van der Waals surface area contributed by atoms with Gasteiger partial charge in [-0.1, -0.05) is 30.0 Å². The molecule has 0 radical (unpaired) electrons. The summed E-state index contributed by atoms with van der Waals surface area (Å²) in [6, 6.07) is 14.6. The highest BCUT2D eigenvalue weighted by Crippen LogP contribution is 2.44. The number of methoxy groups -OCH3 is 1. The molecular weight excluding hydrogens is 352 g/mol. The second-order valence-electron chi connectivity index (χ2n) is 5.49. The molecule has 130 valence electrons. The number of para-hydroxylation sites is 1. The Hall–Kier alpha value is -2.09. The number of fused-ring (bicyclic) bond motifs is 2. The number of benzene rings is 2. The van der Waals surface area contributed by atoms with Crippen LogP contribution in [0.3, 0.4) is 0 Å². The monoisotopic (exact) mass is 372 g/mol. The minimum atomic E-state index is 0.483. The van der Waals surface area contributed by atoms with Crippen molar-refractivity contribution in [1.82, 2.24) is 10.7 Å². The molecule has 3 rings (SSSR count). The Morgan fingerprint density at radius 3 is 2.84 bits per heavy atom. The van der Waals surface area contributed by atoms with E-state index < -0.39 is 0 Å². The molecule has 0 spiro atoms. The number of ether oxygens (including phenoxy) is 1. The van der Waals surface area contributed by atoms with Gasteiger partial charge in [-0.15, -0.1) is 0 Å². The van der Waals surface area contributed by atoms with Crippen LogP contribution in [0.15, 0.2) is 57.4 Å². The summed E-state index contributed by atoms with van der Waals surface area (Å²) in [5.41, 5.74) is 6.99. The maximum atomic E-state index is 5.18. The third-order valence-electron chi connectivity index (χ3n) is 3.69. The van der Waals surface area contributed by atoms with Crippen LogP contribution in [-0.4, -0.2) is 31.1 Å². The minimum Gasteiger partial charge on any atom is -0.383 e. The molecule has 0 aliphatic carbocycles. The van der Waals surface area contributed by atoms with Gasteiger partial charge in [0.1, 0.15) is 0 Å². The molecule has 2 aromatic rings. The Kier molecular flexibility index (Phi) is 5.91. The largest absolute Gasteiger partial charge is 0.383 e.